The molecule has 12 nitrogen and oxygen atoms in total. The number of benzene rings is 1. The van der Waals surface area contributed by atoms with E-state index >= 15 is 4.39 Å². The first kappa shape index (κ1) is 29.0. The Balaban J connectivity index is 1.50. The average molecular weight is 572 g/mol. The van der Waals surface area contributed by atoms with Crippen molar-refractivity contribution < 1.29 is 38.6 Å². The number of halogens is 1. The number of hydrogen-bond donors (Lipinski definition) is 5. The molecule has 6 atom stereocenters. The van der Waals surface area contributed by atoms with Crippen molar-refractivity contribution in [2.45, 2.75) is 43.9 Å². The van der Waals surface area contributed by atoms with Gasteiger partial charge in [-0.05, 0) is 64.9 Å². The third kappa shape index (κ3) is 4.29. The number of Topliss-reactive ketones (excluding diaryl/α,β-unsaturated/α-hetero) is 3. The van der Waals surface area contributed by atoms with Crippen molar-refractivity contribution in [1.82, 2.24) is 9.80 Å². The van der Waals surface area contributed by atoms with Gasteiger partial charge in [0.2, 0.25) is 11.8 Å². The number of carbonyl (C=O) groups excluding carboxylic acids is 5. The zero-order valence-electron chi connectivity index (χ0n) is 22.9. The van der Waals surface area contributed by atoms with E-state index in [1.165, 1.54) is 19.0 Å². The number of ketones is 3. The second-order valence-corrected chi connectivity index (χ2v) is 12.0. The molecule has 220 valence electrons. The summed E-state index contributed by atoms with van der Waals surface area (Å²) in [4.78, 5) is 67.8. The second-order valence-electron chi connectivity index (χ2n) is 12.0. The van der Waals surface area contributed by atoms with Gasteiger partial charge in [0.15, 0.2) is 23.0 Å². The first-order valence-corrected chi connectivity index (χ1v) is 13.6. The molecule has 1 aromatic carbocycles. The molecular formula is C28H34FN5O7. The van der Waals surface area contributed by atoms with Crippen LogP contribution in [-0.2, 0) is 32.1 Å². The molecule has 2 saturated carbocycles. The van der Waals surface area contributed by atoms with Crippen LogP contribution in [-0.4, -0.2) is 93.7 Å². The zero-order valence-corrected chi connectivity index (χ0v) is 22.9. The Labute approximate surface area is 235 Å². The first-order valence-electron chi connectivity index (χ1n) is 13.6. The molecule has 13 heteroatoms. The number of likely N-dealkylation sites (N-methyl/N-ethyl adjacent to an activating group) is 1. The molecule has 0 aromatic heterocycles. The fourth-order valence-corrected chi connectivity index (χ4v) is 7.49. The molecule has 1 aliphatic heterocycles. The third-order valence-corrected chi connectivity index (χ3v) is 9.51. The monoisotopic (exact) mass is 571 g/mol. The number of piperidine rings is 1. The largest absolute Gasteiger partial charge is 0.507 e. The minimum atomic E-state index is -2.61. The lowest BCUT2D eigenvalue weighted by atomic mass is 9.52. The molecule has 41 heavy (non-hydrogen) atoms. The topological polar surface area (TPSA) is 208 Å². The number of likely N-dealkylation sites (tertiary alicyclic amines) is 1. The molecule has 1 aromatic rings. The highest BCUT2D eigenvalue weighted by Gasteiger charge is 2.67. The van der Waals surface area contributed by atoms with E-state index in [1.54, 1.807) is 0 Å². The van der Waals surface area contributed by atoms with E-state index in [-0.39, 0.29) is 47.9 Å². The highest BCUT2D eigenvalue weighted by molar-refractivity contribution is 6.33. The summed E-state index contributed by atoms with van der Waals surface area (Å²) < 4.78 is 16.0. The van der Waals surface area contributed by atoms with Crippen molar-refractivity contribution in [3.63, 3.8) is 0 Å². The Morgan fingerprint density at radius 2 is 1.80 bits per heavy atom. The fraction of sp³-hybridized carbons (Fsp3) is 0.571. The number of primary amides is 2. The molecule has 5 rings (SSSR count). The summed E-state index contributed by atoms with van der Waals surface area (Å²) in [5.41, 5.74) is 7.10. The number of carbonyl (C=O) groups is 5. The Hall–Kier alpha value is -3.55. The normalized spacial score (nSPS) is 32.5. The molecule has 0 radical (unpaired) electrons. The summed E-state index contributed by atoms with van der Waals surface area (Å²) in [5.74, 6) is -10.9. The van der Waals surface area contributed by atoms with Crippen LogP contribution in [0.4, 0.5) is 4.39 Å². The van der Waals surface area contributed by atoms with E-state index in [9.17, 15) is 34.2 Å². The number of nitrogens with zero attached hydrogens (tertiary/aromatic N) is 2. The van der Waals surface area contributed by atoms with Crippen LogP contribution in [0.2, 0.25) is 0 Å². The first-order chi connectivity index (χ1) is 19.2. The summed E-state index contributed by atoms with van der Waals surface area (Å²) in [7, 11) is 3.06. The lowest BCUT2D eigenvalue weighted by molar-refractivity contribution is -0.157. The molecule has 0 bridgehead atoms. The van der Waals surface area contributed by atoms with Crippen molar-refractivity contribution in [2.75, 3.05) is 27.2 Å². The van der Waals surface area contributed by atoms with Gasteiger partial charge in [0.1, 0.15) is 17.5 Å². The van der Waals surface area contributed by atoms with Crippen molar-refractivity contribution >= 4 is 34.9 Å². The molecule has 1 heterocycles. The van der Waals surface area contributed by atoms with Crippen LogP contribution in [0.1, 0.15) is 40.7 Å². The maximum Gasteiger partial charge on any atom is 0.233 e. The molecular weight excluding hydrogens is 537 g/mol. The van der Waals surface area contributed by atoms with Crippen molar-refractivity contribution in [3.8, 4) is 5.75 Å². The van der Waals surface area contributed by atoms with E-state index in [2.05, 4.69) is 0 Å². The van der Waals surface area contributed by atoms with E-state index in [1.807, 2.05) is 4.90 Å². The van der Waals surface area contributed by atoms with Gasteiger partial charge < -0.3 is 27.1 Å². The number of nitrogens with one attached hydrogen (secondary N) is 1. The predicted molar refractivity (Wildman–Crippen MR) is 141 cm³/mol. The van der Waals surface area contributed by atoms with Crippen LogP contribution in [0.5, 0.6) is 5.75 Å². The van der Waals surface area contributed by atoms with Crippen LogP contribution < -0.4 is 11.5 Å². The number of rotatable bonds is 5. The summed E-state index contributed by atoms with van der Waals surface area (Å²) >= 11 is 0. The van der Waals surface area contributed by atoms with E-state index in [0.29, 0.717) is 25.9 Å². The Bertz CT molecular complexity index is 1390. The number of phenols is 1. The maximum atomic E-state index is 16.0. The second kappa shape index (κ2) is 10.1. The van der Waals surface area contributed by atoms with Crippen LogP contribution in [0.3, 0.4) is 0 Å². The van der Waals surface area contributed by atoms with Gasteiger partial charge in [-0.25, -0.2) is 4.39 Å². The minimum Gasteiger partial charge on any atom is -0.507 e. The van der Waals surface area contributed by atoms with Gasteiger partial charge in [0.25, 0.3) is 0 Å². The maximum absolute atomic E-state index is 16.0. The van der Waals surface area contributed by atoms with Gasteiger partial charge in [-0.15, -0.1) is 0 Å². The molecule has 6 unspecified atom stereocenters. The Morgan fingerprint density at radius 1 is 1.17 bits per heavy atom. The summed E-state index contributed by atoms with van der Waals surface area (Å²) in [5, 5.41) is 31.1. The van der Waals surface area contributed by atoms with Crippen LogP contribution in [0.25, 0.3) is 0 Å². The lowest BCUT2D eigenvalue weighted by Gasteiger charge is -2.53. The summed E-state index contributed by atoms with van der Waals surface area (Å²) in [6, 6.07) is 0.00471. The molecule has 0 spiro atoms. The SMILES string of the molecule is CN(C)C1C(=O)C(C(N)=O)C(=N)C2(O)C(=O)C3C(=O)c4c(O)cc(CN5CCC(C(N)=O)CC5)c(F)c4CC3CC12. The van der Waals surface area contributed by atoms with Gasteiger partial charge in [0.05, 0.1) is 23.2 Å². The number of aliphatic hydroxyl groups is 1. The molecule has 7 N–H and O–H groups in total. The molecule has 3 fully saturated rings. The van der Waals surface area contributed by atoms with Crippen LogP contribution in [0, 0.1) is 40.8 Å². The van der Waals surface area contributed by atoms with Gasteiger partial charge in [-0.1, -0.05) is 0 Å². The minimum absolute atomic E-state index is 0.0369. The Kier molecular flexibility index (Phi) is 7.11. The number of hydrogen-bond acceptors (Lipinski definition) is 10. The van der Waals surface area contributed by atoms with Crippen molar-refractivity contribution in [2.24, 2.45) is 41.1 Å². The van der Waals surface area contributed by atoms with E-state index in [0.717, 1.165) is 6.07 Å². The number of phenolic OH excluding ortho intramolecular Hbond substituents is 1. The third-order valence-electron chi connectivity index (χ3n) is 9.51. The van der Waals surface area contributed by atoms with Crippen LogP contribution >= 0.6 is 0 Å². The van der Waals surface area contributed by atoms with Crippen LogP contribution in [0.15, 0.2) is 6.07 Å². The summed E-state index contributed by atoms with van der Waals surface area (Å²) in [6.45, 7) is 1.13. The van der Waals surface area contributed by atoms with Gasteiger partial charge in [0, 0.05) is 29.5 Å². The zero-order chi connectivity index (χ0) is 30.1. The lowest BCUT2D eigenvalue weighted by Crippen LogP contribution is -2.73. The Morgan fingerprint density at radius 3 is 2.37 bits per heavy atom. The standard InChI is InChI=1S/C28H34FN5O7/c1-33(2)21-15-8-12-7-14-18(16(35)9-13(20(14)29)10-34-5-3-11(4-6-34)26(31)39)22(36)17(12)25(38)28(15,41)24(30)19(23(21)37)27(32)40/h9,11-12,15,17,19,21,30,35,41H,3-8,10H2,1-2H3,(H2,31,39)(H2,32,40). The predicted octanol–water partition coefficient (Wildman–Crippen LogP) is -0.846. The summed E-state index contributed by atoms with van der Waals surface area (Å²) in [6.07, 6.45) is 0.868. The van der Waals surface area contributed by atoms with E-state index in [4.69, 9.17) is 16.9 Å². The number of fused-ring (bicyclic) bond motifs is 3. The average Bonchev–Trinajstić information content (AvgIpc) is 2.89. The van der Waals surface area contributed by atoms with E-state index < -0.39 is 75.8 Å². The molecule has 3 aliphatic carbocycles. The highest BCUT2D eigenvalue weighted by Crippen LogP contribution is 2.51. The number of amides is 2. The molecule has 2 amide bonds. The quantitative estimate of drug-likeness (QED) is 0.279. The number of aromatic hydroxyl groups is 1. The molecule has 1 saturated heterocycles. The molecule has 4 aliphatic rings. The van der Waals surface area contributed by atoms with Crippen molar-refractivity contribution in [3.05, 3.63) is 28.6 Å². The van der Waals surface area contributed by atoms with Crippen molar-refractivity contribution in [1.29, 1.82) is 5.41 Å². The number of nitrogens with two attached hydrogens (primary N) is 2. The van der Waals surface area contributed by atoms with Gasteiger partial charge in [-0.2, -0.15) is 0 Å². The fourth-order valence-electron chi connectivity index (χ4n) is 7.49. The smallest absolute Gasteiger partial charge is 0.233 e. The van der Waals surface area contributed by atoms with Gasteiger partial charge in [-0.3, -0.25) is 33.8 Å². The highest BCUT2D eigenvalue weighted by atomic mass is 19.1. The van der Waals surface area contributed by atoms with Gasteiger partial charge >= 0.3 is 0 Å².